The van der Waals surface area contributed by atoms with E-state index in [1.54, 1.807) is 6.92 Å². The zero-order chi connectivity index (χ0) is 24.8. The number of nitrogens with one attached hydrogen (secondary N) is 3. The molecule has 35 heavy (non-hydrogen) atoms. The van der Waals surface area contributed by atoms with Gasteiger partial charge >= 0.3 is 5.97 Å². The number of hydrogen-bond acceptors (Lipinski definition) is 6. The maximum absolute atomic E-state index is 13.0. The van der Waals surface area contributed by atoms with E-state index >= 15 is 0 Å². The molecule has 1 heterocycles. The third kappa shape index (κ3) is 5.46. The van der Waals surface area contributed by atoms with Crippen LogP contribution >= 0.6 is 0 Å². The first-order chi connectivity index (χ1) is 16.9. The van der Waals surface area contributed by atoms with Crippen LogP contribution in [0, 0.1) is 5.41 Å². The SMILES string of the molecule is CCOC(=O)C1(CNC(=O)c2ncc(C(=O)NC(c3ccccc3)c3ccccc3)c(=O)[nH]2)CC1. The van der Waals surface area contributed by atoms with Crippen molar-refractivity contribution in [3.05, 3.63) is 99.7 Å². The molecular formula is C26H26N4O5. The highest BCUT2D eigenvalue weighted by atomic mass is 16.5. The Labute approximate surface area is 201 Å². The summed E-state index contributed by atoms with van der Waals surface area (Å²) in [6.45, 7) is 2.08. The fourth-order valence-electron chi connectivity index (χ4n) is 3.75. The van der Waals surface area contributed by atoms with Crippen molar-refractivity contribution in [3.8, 4) is 0 Å². The fourth-order valence-corrected chi connectivity index (χ4v) is 3.75. The lowest BCUT2D eigenvalue weighted by Gasteiger charge is -2.19. The van der Waals surface area contributed by atoms with Gasteiger partial charge < -0.3 is 20.4 Å². The molecule has 2 amide bonds. The number of nitrogens with zero attached hydrogens (tertiary/aromatic N) is 1. The average Bonchev–Trinajstić information content (AvgIpc) is 3.68. The van der Waals surface area contributed by atoms with Gasteiger partial charge in [-0.3, -0.25) is 19.2 Å². The number of esters is 1. The summed E-state index contributed by atoms with van der Waals surface area (Å²) in [6, 6.07) is 18.3. The third-order valence-corrected chi connectivity index (χ3v) is 5.95. The Hall–Kier alpha value is -4.27. The van der Waals surface area contributed by atoms with Crippen molar-refractivity contribution in [2.24, 2.45) is 5.41 Å². The van der Waals surface area contributed by atoms with Crippen LogP contribution in [0.1, 0.15) is 57.9 Å². The van der Waals surface area contributed by atoms with Gasteiger partial charge in [0.2, 0.25) is 0 Å². The van der Waals surface area contributed by atoms with Gasteiger partial charge in [0.1, 0.15) is 5.56 Å². The summed E-state index contributed by atoms with van der Waals surface area (Å²) in [7, 11) is 0. The summed E-state index contributed by atoms with van der Waals surface area (Å²) in [5.74, 6) is -1.85. The number of amides is 2. The number of ether oxygens (including phenoxy) is 1. The van der Waals surface area contributed by atoms with Gasteiger partial charge in [-0.25, -0.2) is 4.98 Å². The van der Waals surface area contributed by atoms with Crippen molar-refractivity contribution in [2.75, 3.05) is 13.2 Å². The number of rotatable bonds is 9. The molecule has 0 unspecified atom stereocenters. The van der Waals surface area contributed by atoms with Gasteiger partial charge in [-0.15, -0.1) is 0 Å². The van der Waals surface area contributed by atoms with Crippen molar-refractivity contribution in [3.63, 3.8) is 0 Å². The predicted molar refractivity (Wildman–Crippen MR) is 128 cm³/mol. The minimum absolute atomic E-state index is 0.0897. The first-order valence-electron chi connectivity index (χ1n) is 11.4. The molecule has 1 saturated carbocycles. The van der Waals surface area contributed by atoms with E-state index in [9.17, 15) is 19.2 Å². The second kappa shape index (κ2) is 10.3. The number of benzene rings is 2. The topological polar surface area (TPSA) is 130 Å². The Balaban J connectivity index is 1.47. The predicted octanol–water partition coefficient (Wildman–Crippen LogP) is 2.36. The highest BCUT2D eigenvalue weighted by molar-refractivity contribution is 5.95. The van der Waals surface area contributed by atoms with E-state index in [0.29, 0.717) is 12.8 Å². The molecule has 3 N–H and O–H groups in total. The van der Waals surface area contributed by atoms with Gasteiger partial charge in [-0.2, -0.15) is 0 Å². The van der Waals surface area contributed by atoms with Gasteiger partial charge in [-0.1, -0.05) is 60.7 Å². The van der Waals surface area contributed by atoms with Crippen molar-refractivity contribution < 1.29 is 19.1 Å². The molecule has 0 aliphatic heterocycles. The van der Waals surface area contributed by atoms with Crippen LogP contribution < -0.4 is 16.2 Å². The van der Waals surface area contributed by atoms with Crippen LogP contribution in [0.4, 0.5) is 0 Å². The van der Waals surface area contributed by atoms with E-state index in [1.807, 2.05) is 60.7 Å². The Kier molecular flexibility index (Phi) is 7.05. The summed E-state index contributed by atoms with van der Waals surface area (Å²) >= 11 is 0. The fraction of sp³-hybridized carbons (Fsp3) is 0.269. The van der Waals surface area contributed by atoms with E-state index in [0.717, 1.165) is 17.3 Å². The van der Waals surface area contributed by atoms with Crippen molar-refractivity contribution in [1.82, 2.24) is 20.6 Å². The molecule has 1 fully saturated rings. The molecule has 2 aromatic carbocycles. The van der Waals surface area contributed by atoms with Crippen molar-refractivity contribution in [1.29, 1.82) is 0 Å². The van der Waals surface area contributed by atoms with Crippen LogP contribution in [0.15, 0.2) is 71.7 Å². The van der Waals surface area contributed by atoms with Crippen LogP contribution in [0.5, 0.6) is 0 Å². The van der Waals surface area contributed by atoms with E-state index in [1.165, 1.54) is 0 Å². The van der Waals surface area contributed by atoms with Crippen LogP contribution in [0.3, 0.4) is 0 Å². The zero-order valence-corrected chi connectivity index (χ0v) is 19.2. The van der Waals surface area contributed by atoms with Crippen LogP contribution in [0.25, 0.3) is 0 Å². The third-order valence-electron chi connectivity index (χ3n) is 5.95. The van der Waals surface area contributed by atoms with Crippen molar-refractivity contribution in [2.45, 2.75) is 25.8 Å². The number of carbonyl (C=O) groups is 3. The minimum atomic E-state index is -0.742. The summed E-state index contributed by atoms with van der Waals surface area (Å²) in [5, 5.41) is 5.50. The summed E-state index contributed by atoms with van der Waals surface area (Å²) in [6.07, 6.45) is 2.33. The molecule has 0 radical (unpaired) electrons. The van der Waals surface area contributed by atoms with Gasteiger partial charge in [-0.05, 0) is 30.9 Å². The molecule has 9 nitrogen and oxygen atoms in total. The average molecular weight is 475 g/mol. The summed E-state index contributed by atoms with van der Waals surface area (Å²) in [5.41, 5.74) is 0.0269. The molecule has 0 atom stereocenters. The molecule has 4 rings (SSSR count). The van der Waals surface area contributed by atoms with Crippen LogP contribution in [0.2, 0.25) is 0 Å². The molecule has 1 aliphatic carbocycles. The normalized spacial score (nSPS) is 13.7. The number of carbonyl (C=O) groups excluding carboxylic acids is 3. The lowest BCUT2D eigenvalue weighted by molar-refractivity contribution is -0.149. The number of H-pyrrole nitrogens is 1. The van der Waals surface area contributed by atoms with E-state index in [-0.39, 0.29) is 30.5 Å². The maximum Gasteiger partial charge on any atom is 0.313 e. The molecule has 180 valence electrons. The van der Waals surface area contributed by atoms with Crippen molar-refractivity contribution >= 4 is 17.8 Å². The minimum Gasteiger partial charge on any atom is -0.466 e. The highest BCUT2D eigenvalue weighted by Gasteiger charge is 2.51. The van der Waals surface area contributed by atoms with Gasteiger partial charge in [0.15, 0.2) is 5.82 Å². The molecule has 1 aromatic heterocycles. The molecule has 0 spiro atoms. The van der Waals surface area contributed by atoms with Crippen LogP contribution in [-0.2, 0) is 9.53 Å². The van der Waals surface area contributed by atoms with Gasteiger partial charge in [0.25, 0.3) is 17.4 Å². The van der Waals surface area contributed by atoms with Gasteiger partial charge in [0.05, 0.1) is 18.1 Å². The quantitative estimate of drug-likeness (QED) is 0.408. The zero-order valence-electron chi connectivity index (χ0n) is 19.2. The van der Waals surface area contributed by atoms with Crippen LogP contribution in [-0.4, -0.2) is 40.9 Å². The highest BCUT2D eigenvalue weighted by Crippen LogP contribution is 2.46. The van der Waals surface area contributed by atoms with Gasteiger partial charge in [0, 0.05) is 12.7 Å². The number of aromatic amines is 1. The van der Waals surface area contributed by atoms with E-state index in [4.69, 9.17) is 4.74 Å². The molecule has 0 bridgehead atoms. The number of hydrogen-bond donors (Lipinski definition) is 3. The lowest BCUT2D eigenvalue weighted by Crippen LogP contribution is -2.38. The smallest absolute Gasteiger partial charge is 0.313 e. The molecule has 0 saturated heterocycles. The summed E-state index contributed by atoms with van der Waals surface area (Å²) in [4.78, 5) is 56.5. The summed E-state index contributed by atoms with van der Waals surface area (Å²) < 4.78 is 5.06. The van der Waals surface area contributed by atoms with E-state index in [2.05, 4.69) is 20.6 Å². The molecular weight excluding hydrogens is 448 g/mol. The molecule has 1 aliphatic rings. The molecule has 3 aromatic rings. The lowest BCUT2D eigenvalue weighted by atomic mass is 9.98. The first-order valence-corrected chi connectivity index (χ1v) is 11.4. The second-order valence-corrected chi connectivity index (χ2v) is 8.39. The first kappa shape index (κ1) is 23.9. The number of aromatic nitrogens is 2. The Morgan fingerprint density at radius 2 is 1.60 bits per heavy atom. The second-order valence-electron chi connectivity index (χ2n) is 8.39. The molecule has 9 heteroatoms. The largest absolute Gasteiger partial charge is 0.466 e. The Morgan fingerprint density at radius 1 is 1.00 bits per heavy atom. The maximum atomic E-state index is 13.0. The Bertz CT molecular complexity index is 1230. The standard InChI is InChI=1S/C26H26N4O5/c1-2-35-25(34)26(13-14-26)16-28-24(33)21-27-15-19(23(32)30-21)22(31)29-20(17-9-5-3-6-10-17)18-11-7-4-8-12-18/h3-12,15,20H,2,13-14,16H2,1H3,(H,28,33)(H,29,31)(H,27,30,32). The monoisotopic (exact) mass is 474 g/mol. The van der Waals surface area contributed by atoms with E-state index < -0.39 is 28.8 Å². The Morgan fingerprint density at radius 3 is 2.11 bits per heavy atom.